The average Bonchev–Trinajstić information content (AvgIpc) is 2.66. The van der Waals surface area contributed by atoms with Crippen LogP contribution in [0.4, 0.5) is 0 Å². The minimum atomic E-state index is -2.79. The Morgan fingerprint density at radius 2 is 1.44 bits per heavy atom. The summed E-state index contributed by atoms with van der Waals surface area (Å²) in [6, 6.07) is 9.39. The smallest absolute Gasteiger partial charge is 0.465 e. The van der Waals surface area contributed by atoms with E-state index in [9.17, 15) is 9.59 Å². The van der Waals surface area contributed by atoms with Crippen LogP contribution in [0, 0.1) is 5.92 Å². The third kappa shape index (κ3) is 7.54. The van der Waals surface area contributed by atoms with Gasteiger partial charge in [-0.05, 0) is 40.5 Å². The first kappa shape index (κ1) is 23.5. The number of esters is 1. The Balaban J connectivity index is 2.85. The van der Waals surface area contributed by atoms with E-state index in [2.05, 4.69) is 0 Å². The van der Waals surface area contributed by atoms with Crippen molar-refractivity contribution in [3.05, 3.63) is 35.9 Å². The van der Waals surface area contributed by atoms with Gasteiger partial charge >= 0.3 is 14.8 Å². The van der Waals surface area contributed by atoms with E-state index in [1.54, 1.807) is 31.2 Å². The minimum Gasteiger partial charge on any atom is -0.465 e. The molecule has 0 bridgehead atoms. The van der Waals surface area contributed by atoms with Crippen LogP contribution in [0.2, 0.25) is 6.04 Å². The molecule has 0 heterocycles. The normalized spacial score (nSPS) is 12.6. The van der Waals surface area contributed by atoms with Crippen molar-refractivity contribution in [2.75, 3.05) is 26.4 Å². The fourth-order valence-corrected chi connectivity index (χ4v) is 5.57. The first-order chi connectivity index (χ1) is 13.0. The molecule has 152 valence electrons. The summed E-state index contributed by atoms with van der Waals surface area (Å²) >= 11 is 0. The molecule has 0 amide bonds. The molecule has 0 saturated carbocycles. The van der Waals surface area contributed by atoms with E-state index in [-0.39, 0.29) is 12.4 Å². The molecule has 6 nitrogen and oxygen atoms in total. The molecule has 7 heteroatoms. The van der Waals surface area contributed by atoms with Gasteiger partial charge in [0.25, 0.3) is 0 Å². The molecule has 0 radical (unpaired) electrons. The van der Waals surface area contributed by atoms with E-state index in [0.717, 1.165) is 0 Å². The first-order valence-electron chi connectivity index (χ1n) is 9.71. The van der Waals surface area contributed by atoms with Crippen molar-refractivity contribution in [1.82, 2.24) is 0 Å². The third-order valence-electron chi connectivity index (χ3n) is 4.01. The average molecular weight is 397 g/mol. The van der Waals surface area contributed by atoms with E-state index in [0.29, 0.717) is 44.3 Å². The van der Waals surface area contributed by atoms with Crippen LogP contribution >= 0.6 is 0 Å². The predicted molar refractivity (Wildman–Crippen MR) is 106 cm³/mol. The van der Waals surface area contributed by atoms with Crippen LogP contribution in [-0.4, -0.2) is 47.0 Å². The van der Waals surface area contributed by atoms with Crippen LogP contribution < -0.4 is 0 Å². The number of Topliss-reactive ketones (excluding diaryl/α,β-unsaturated/α-hetero) is 1. The fourth-order valence-electron chi connectivity index (χ4n) is 2.93. The van der Waals surface area contributed by atoms with E-state index < -0.39 is 20.7 Å². The van der Waals surface area contributed by atoms with Crippen molar-refractivity contribution in [1.29, 1.82) is 0 Å². The van der Waals surface area contributed by atoms with Crippen LogP contribution in [0.15, 0.2) is 30.3 Å². The Morgan fingerprint density at radius 3 is 1.93 bits per heavy atom. The molecule has 1 aromatic carbocycles. The monoisotopic (exact) mass is 396 g/mol. The number of ether oxygens (including phenoxy) is 1. The van der Waals surface area contributed by atoms with E-state index >= 15 is 0 Å². The van der Waals surface area contributed by atoms with Crippen molar-refractivity contribution >= 4 is 20.6 Å². The minimum absolute atomic E-state index is 0.217. The third-order valence-corrected chi connectivity index (χ3v) is 7.17. The predicted octanol–water partition coefficient (Wildman–Crippen LogP) is 3.88. The second-order valence-electron chi connectivity index (χ2n) is 5.91. The van der Waals surface area contributed by atoms with Gasteiger partial charge in [0.2, 0.25) is 0 Å². The SMILES string of the molecule is CCOC(=O)C(CCC[Si](OCC)(OCC)OCC)C(=O)c1ccccc1. The molecule has 1 atom stereocenters. The van der Waals surface area contributed by atoms with Crippen LogP contribution in [0.25, 0.3) is 0 Å². The molecule has 0 N–H and O–H groups in total. The molecular formula is C20H32O6Si. The van der Waals surface area contributed by atoms with Gasteiger partial charge < -0.3 is 18.0 Å². The molecule has 27 heavy (non-hydrogen) atoms. The molecule has 0 aliphatic heterocycles. The summed E-state index contributed by atoms with van der Waals surface area (Å²) in [6.45, 7) is 9.18. The lowest BCUT2D eigenvalue weighted by molar-refractivity contribution is -0.146. The lowest BCUT2D eigenvalue weighted by Crippen LogP contribution is -2.46. The molecular weight excluding hydrogens is 364 g/mol. The topological polar surface area (TPSA) is 71.1 Å². The number of rotatable bonds is 14. The summed E-state index contributed by atoms with van der Waals surface area (Å²) in [5.41, 5.74) is 0.512. The van der Waals surface area contributed by atoms with Gasteiger partial charge in [-0.25, -0.2) is 0 Å². The highest BCUT2D eigenvalue weighted by Gasteiger charge is 2.40. The van der Waals surface area contributed by atoms with Crippen LogP contribution in [-0.2, 0) is 22.8 Å². The van der Waals surface area contributed by atoms with E-state index in [4.69, 9.17) is 18.0 Å². The number of hydrogen-bond acceptors (Lipinski definition) is 6. The second-order valence-corrected chi connectivity index (χ2v) is 8.64. The Kier molecular flexibility index (Phi) is 11.1. The lowest BCUT2D eigenvalue weighted by atomic mass is 9.93. The number of carbonyl (C=O) groups is 2. The standard InChI is InChI=1S/C20H32O6Si/c1-5-23-20(22)18(19(21)17-13-10-9-11-14-17)15-12-16-27(24-6-2,25-7-3)26-8-4/h9-11,13-14,18H,5-8,12,15-16H2,1-4H3. The maximum atomic E-state index is 12.8. The largest absolute Gasteiger partial charge is 0.500 e. The van der Waals surface area contributed by atoms with Crippen molar-refractivity contribution in [2.24, 2.45) is 5.92 Å². The zero-order valence-corrected chi connectivity index (χ0v) is 17.9. The zero-order chi connectivity index (χ0) is 20.1. The number of hydrogen-bond donors (Lipinski definition) is 0. The summed E-state index contributed by atoms with van der Waals surface area (Å²) in [7, 11) is -2.79. The molecule has 0 fully saturated rings. The second kappa shape index (κ2) is 12.8. The van der Waals surface area contributed by atoms with Gasteiger partial charge in [-0.2, -0.15) is 0 Å². The summed E-state index contributed by atoms with van der Waals surface area (Å²) in [5, 5.41) is 0. The van der Waals surface area contributed by atoms with Crippen LogP contribution in [0.5, 0.6) is 0 Å². The molecule has 0 aliphatic rings. The maximum Gasteiger partial charge on any atom is 0.500 e. The van der Waals surface area contributed by atoms with Gasteiger partial charge in [0.1, 0.15) is 5.92 Å². The van der Waals surface area contributed by atoms with Gasteiger partial charge in [0, 0.05) is 31.4 Å². The highest BCUT2D eigenvalue weighted by Crippen LogP contribution is 2.24. The highest BCUT2D eigenvalue weighted by atomic mass is 28.4. The van der Waals surface area contributed by atoms with E-state index in [1.807, 2.05) is 26.8 Å². The summed E-state index contributed by atoms with van der Waals surface area (Å²) in [6.07, 6.45) is 0.947. The van der Waals surface area contributed by atoms with Crippen LogP contribution in [0.3, 0.4) is 0 Å². The number of benzene rings is 1. The summed E-state index contributed by atoms with van der Waals surface area (Å²) < 4.78 is 22.6. The quantitative estimate of drug-likeness (QED) is 0.206. The molecule has 0 aliphatic carbocycles. The van der Waals surface area contributed by atoms with E-state index in [1.165, 1.54) is 0 Å². The van der Waals surface area contributed by atoms with Crippen LogP contribution in [0.1, 0.15) is 50.9 Å². The van der Waals surface area contributed by atoms with Gasteiger partial charge in [-0.1, -0.05) is 30.3 Å². The molecule has 0 aromatic heterocycles. The molecule has 1 rings (SSSR count). The van der Waals surface area contributed by atoms with Crippen molar-refractivity contribution in [2.45, 2.75) is 46.6 Å². The Morgan fingerprint density at radius 1 is 0.889 bits per heavy atom. The summed E-state index contributed by atoms with van der Waals surface area (Å²) in [5.74, 6) is -1.53. The highest BCUT2D eigenvalue weighted by molar-refractivity contribution is 6.60. The lowest BCUT2D eigenvalue weighted by Gasteiger charge is -2.28. The Hall–Kier alpha value is -1.54. The van der Waals surface area contributed by atoms with Gasteiger partial charge in [-0.15, -0.1) is 0 Å². The molecule has 0 spiro atoms. The van der Waals surface area contributed by atoms with Gasteiger partial charge in [0.05, 0.1) is 6.61 Å². The molecule has 0 saturated heterocycles. The number of ketones is 1. The molecule has 1 unspecified atom stereocenters. The van der Waals surface area contributed by atoms with Gasteiger partial charge in [-0.3, -0.25) is 9.59 Å². The Labute approximate surface area is 163 Å². The molecule has 1 aromatic rings. The fraction of sp³-hybridized carbons (Fsp3) is 0.600. The summed E-state index contributed by atoms with van der Waals surface area (Å²) in [4.78, 5) is 25.2. The number of carbonyl (C=O) groups excluding carboxylic acids is 2. The van der Waals surface area contributed by atoms with Crippen molar-refractivity contribution in [3.8, 4) is 0 Å². The van der Waals surface area contributed by atoms with Crippen molar-refractivity contribution < 1.29 is 27.6 Å². The maximum absolute atomic E-state index is 12.8. The zero-order valence-electron chi connectivity index (χ0n) is 16.9. The van der Waals surface area contributed by atoms with Crippen molar-refractivity contribution in [3.63, 3.8) is 0 Å². The van der Waals surface area contributed by atoms with Gasteiger partial charge in [0.15, 0.2) is 5.78 Å². The Bertz CT molecular complexity index is 546. The first-order valence-corrected chi connectivity index (χ1v) is 11.6.